The van der Waals surface area contributed by atoms with Gasteiger partial charge in [0.15, 0.2) is 0 Å². The lowest BCUT2D eigenvalue weighted by Crippen LogP contribution is -2.44. The molecule has 0 saturated carbocycles. The molecule has 0 unspecified atom stereocenters. The summed E-state index contributed by atoms with van der Waals surface area (Å²) in [6.45, 7) is 4.66. The minimum absolute atomic E-state index is 0.189. The zero-order valence-corrected chi connectivity index (χ0v) is 9.54. The van der Waals surface area contributed by atoms with Gasteiger partial charge in [0.2, 0.25) is 5.91 Å². The fourth-order valence-corrected chi connectivity index (χ4v) is 1.94. The molecule has 1 amide bonds. The molecule has 1 saturated heterocycles. The van der Waals surface area contributed by atoms with Crippen LogP contribution >= 0.6 is 0 Å². The summed E-state index contributed by atoms with van der Waals surface area (Å²) in [5.74, 6) is 0.189. The quantitative estimate of drug-likeness (QED) is 0.650. The van der Waals surface area contributed by atoms with Gasteiger partial charge in [-0.1, -0.05) is 0 Å². The lowest BCUT2D eigenvalue weighted by molar-refractivity contribution is -0.129. The zero-order valence-electron chi connectivity index (χ0n) is 9.54. The van der Waals surface area contributed by atoms with Crippen LogP contribution in [0.3, 0.4) is 0 Å². The molecule has 1 fully saturated rings. The topological polar surface area (TPSA) is 52.6 Å². The molecular formula is C11H22N2O2. The predicted octanol–water partition coefficient (Wildman–Crippen LogP) is 0.359. The number of unbranched alkanes of at least 4 members (excludes halogenated alkanes) is 1. The van der Waals surface area contributed by atoms with Crippen LogP contribution in [0.5, 0.6) is 0 Å². The second kappa shape index (κ2) is 6.80. The van der Waals surface area contributed by atoms with Crippen LogP contribution in [-0.4, -0.2) is 48.2 Å². The zero-order chi connectivity index (χ0) is 11.1. The van der Waals surface area contributed by atoms with Gasteiger partial charge in [-0.3, -0.25) is 4.79 Å². The highest BCUT2D eigenvalue weighted by atomic mass is 16.2. The maximum absolute atomic E-state index is 11.1. The lowest BCUT2D eigenvalue weighted by Gasteiger charge is -2.31. The van der Waals surface area contributed by atoms with Crippen LogP contribution in [-0.2, 0) is 4.79 Å². The number of hydrogen-bond donors (Lipinski definition) is 2. The summed E-state index contributed by atoms with van der Waals surface area (Å²) in [5, 5.41) is 12.1. The second-order valence-electron chi connectivity index (χ2n) is 4.17. The molecule has 0 atom stereocenters. The number of rotatable bonds is 5. The van der Waals surface area contributed by atoms with E-state index in [1.807, 2.05) is 4.90 Å². The molecule has 0 aromatic heterocycles. The molecular weight excluding hydrogens is 192 g/mol. The Bertz CT molecular complexity index is 189. The molecule has 1 aliphatic heterocycles. The number of aliphatic hydroxyl groups is 1. The molecule has 1 heterocycles. The first-order valence-electron chi connectivity index (χ1n) is 5.84. The maximum atomic E-state index is 11.1. The van der Waals surface area contributed by atoms with Crippen LogP contribution in [0.4, 0.5) is 0 Å². The standard InChI is InChI=1S/C11H22N2O2/c1-10(15)13-7-4-11(5-8-13)12-6-2-3-9-14/h11-12,14H,2-9H2,1H3. The van der Waals surface area contributed by atoms with E-state index in [2.05, 4.69) is 5.32 Å². The Hall–Kier alpha value is -0.610. The largest absolute Gasteiger partial charge is 0.396 e. The summed E-state index contributed by atoms with van der Waals surface area (Å²) in [5.41, 5.74) is 0. The van der Waals surface area contributed by atoms with Gasteiger partial charge in [0.05, 0.1) is 0 Å². The maximum Gasteiger partial charge on any atom is 0.219 e. The van der Waals surface area contributed by atoms with E-state index in [0.717, 1.165) is 45.3 Å². The normalized spacial score (nSPS) is 18.1. The number of carbonyl (C=O) groups excluding carboxylic acids is 1. The predicted molar refractivity (Wildman–Crippen MR) is 59.6 cm³/mol. The number of piperidine rings is 1. The third kappa shape index (κ3) is 4.62. The molecule has 0 aromatic carbocycles. The first kappa shape index (κ1) is 12.5. The molecule has 4 heteroatoms. The van der Waals surface area contributed by atoms with E-state index < -0.39 is 0 Å². The van der Waals surface area contributed by atoms with Crippen LogP contribution in [0.2, 0.25) is 0 Å². The van der Waals surface area contributed by atoms with Crippen molar-refractivity contribution in [1.82, 2.24) is 10.2 Å². The Kier molecular flexibility index (Phi) is 5.65. The fourth-order valence-electron chi connectivity index (χ4n) is 1.94. The number of nitrogens with zero attached hydrogens (tertiary/aromatic N) is 1. The highest BCUT2D eigenvalue weighted by Gasteiger charge is 2.19. The highest BCUT2D eigenvalue weighted by Crippen LogP contribution is 2.10. The molecule has 88 valence electrons. The number of aliphatic hydroxyl groups excluding tert-OH is 1. The van der Waals surface area contributed by atoms with E-state index in [0.29, 0.717) is 6.04 Å². The van der Waals surface area contributed by atoms with Gasteiger partial charge in [0, 0.05) is 32.7 Å². The molecule has 0 spiro atoms. The number of likely N-dealkylation sites (tertiary alicyclic amines) is 1. The average Bonchev–Trinajstić information content (AvgIpc) is 2.25. The molecule has 0 bridgehead atoms. The Morgan fingerprint density at radius 2 is 2.07 bits per heavy atom. The molecule has 0 aliphatic carbocycles. The Morgan fingerprint density at radius 1 is 1.40 bits per heavy atom. The SMILES string of the molecule is CC(=O)N1CCC(NCCCCO)CC1. The van der Waals surface area contributed by atoms with Gasteiger partial charge in [0.25, 0.3) is 0 Å². The van der Waals surface area contributed by atoms with Gasteiger partial charge in [-0.25, -0.2) is 0 Å². The third-order valence-electron chi connectivity index (χ3n) is 2.96. The van der Waals surface area contributed by atoms with Gasteiger partial charge in [0.1, 0.15) is 0 Å². The van der Waals surface area contributed by atoms with Crippen molar-refractivity contribution < 1.29 is 9.90 Å². The van der Waals surface area contributed by atoms with Crippen molar-refractivity contribution in [2.75, 3.05) is 26.2 Å². The van der Waals surface area contributed by atoms with Crippen LogP contribution in [0.1, 0.15) is 32.6 Å². The van der Waals surface area contributed by atoms with Crippen molar-refractivity contribution in [2.45, 2.75) is 38.6 Å². The molecule has 2 N–H and O–H groups in total. The minimum atomic E-state index is 0.189. The van der Waals surface area contributed by atoms with Crippen LogP contribution in [0.15, 0.2) is 0 Å². The first-order valence-corrected chi connectivity index (χ1v) is 5.84. The van der Waals surface area contributed by atoms with E-state index in [4.69, 9.17) is 5.11 Å². The van der Waals surface area contributed by atoms with Gasteiger partial charge in [-0.05, 0) is 32.2 Å². The molecule has 1 rings (SSSR count). The second-order valence-corrected chi connectivity index (χ2v) is 4.17. The third-order valence-corrected chi connectivity index (χ3v) is 2.96. The fraction of sp³-hybridized carbons (Fsp3) is 0.909. The van der Waals surface area contributed by atoms with E-state index in [-0.39, 0.29) is 12.5 Å². The summed E-state index contributed by atoms with van der Waals surface area (Å²) in [6.07, 6.45) is 4.01. The summed E-state index contributed by atoms with van der Waals surface area (Å²) in [7, 11) is 0. The Labute approximate surface area is 91.6 Å². The van der Waals surface area contributed by atoms with Crippen molar-refractivity contribution in [2.24, 2.45) is 0 Å². The summed E-state index contributed by atoms with van der Waals surface area (Å²) >= 11 is 0. The minimum Gasteiger partial charge on any atom is -0.396 e. The Balaban J connectivity index is 2.07. The number of carbonyl (C=O) groups is 1. The van der Waals surface area contributed by atoms with Crippen LogP contribution in [0.25, 0.3) is 0 Å². The molecule has 0 radical (unpaired) electrons. The van der Waals surface area contributed by atoms with E-state index in [9.17, 15) is 4.79 Å². The average molecular weight is 214 g/mol. The first-order chi connectivity index (χ1) is 7.24. The summed E-state index contributed by atoms with van der Waals surface area (Å²) in [4.78, 5) is 13.0. The molecule has 1 aliphatic rings. The van der Waals surface area contributed by atoms with Crippen LogP contribution in [0, 0.1) is 0 Å². The monoisotopic (exact) mass is 214 g/mol. The summed E-state index contributed by atoms with van der Waals surface area (Å²) < 4.78 is 0. The highest BCUT2D eigenvalue weighted by molar-refractivity contribution is 5.73. The summed E-state index contributed by atoms with van der Waals surface area (Å²) in [6, 6.07) is 0.555. The van der Waals surface area contributed by atoms with E-state index >= 15 is 0 Å². The number of amides is 1. The van der Waals surface area contributed by atoms with Crippen molar-refractivity contribution in [3.05, 3.63) is 0 Å². The number of nitrogens with one attached hydrogen (secondary N) is 1. The van der Waals surface area contributed by atoms with Crippen molar-refractivity contribution in [3.8, 4) is 0 Å². The van der Waals surface area contributed by atoms with Gasteiger partial charge in [-0.2, -0.15) is 0 Å². The smallest absolute Gasteiger partial charge is 0.219 e. The number of hydrogen-bond acceptors (Lipinski definition) is 3. The molecule has 15 heavy (non-hydrogen) atoms. The van der Waals surface area contributed by atoms with E-state index in [1.54, 1.807) is 6.92 Å². The Morgan fingerprint density at radius 3 is 2.60 bits per heavy atom. The molecule has 4 nitrogen and oxygen atoms in total. The van der Waals surface area contributed by atoms with Crippen molar-refractivity contribution in [3.63, 3.8) is 0 Å². The van der Waals surface area contributed by atoms with Gasteiger partial charge in [-0.15, -0.1) is 0 Å². The van der Waals surface area contributed by atoms with Gasteiger partial charge >= 0.3 is 0 Å². The van der Waals surface area contributed by atoms with Crippen molar-refractivity contribution in [1.29, 1.82) is 0 Å². The molecule has 0 aromatic rings. The van der Waals surface area contributed by atoms with Crippen LogP contribution < -0.4 is 5.32 Å². The van der Waals surface area contributed by atoms with E-state index in [1.165, 1.54) is 0 Å². The van der Waals surface area contributed by atoms with Gasteiger partial charge < -0.3 is 15.3 Å². The lowest BCUT2D eigenvalue weighted by atomic mass is 10.0. The van der Waals surface area contributed by atoms with Crippen molar-refractivity contribution >= 4 is 5.91 Å².